The first kappa shape index (κ1) is 14.3. The lowest BCUT2D eigenvalue weighted by Crippen LogP contribution is -2.38. The van der Waals surface area contributed by atoms with E-state index in [2.05, 4.69) is 12.2 Å². The largest absolute Gasteiger partial charge is 0.390 e. The zero-order valence-electron chi connectivity index (χ0n) is 11.0. The average Bonchev–Trinajstić information content (AvgIpc) is 2.18. The van der Waals surface area contributed by atoms with E-state index in [-0.39, 0.29) is 0 Å². The van der Waals surface area contributed by atoms with E-state index >= 15 is 0 Å². The molecule has 2 atom stereocenters. The lowest BCUT2D eigenvalue weighted by atomic mass is 9.86. The molecule has 1 aliphatic carbocycles. The molecule has 1 saturated carbocycles. The molecule has 16 heavy (non-hydrogen) atoms. The Balaban J connectivity index is 2.02. The molecule has 2 unspecified atom stereocenters. The number of nitrogens with one attached hydrogen (secondary N) is 1. The molecule has 2 nitrogen and oxygen atoms in total. The molecular weight excluding hydrogens is 218 g/mol. The van der Waals surface area contributed by atoms with Gasteiger partial charge in [-0.05, 0) is 32.6 Å². The smallest absolute Gasteiger partial charge is 0.0681 e. The maximum atomic E-state index is 9.57. The Kier molecular flexibility index (Phi) is 6.16. The van der Waals surface area contributed by atoms with Gasteiger partial charge in [0.05, 0.1) is 5.60 Å². The number of rotatable bonds is 6. The molecule has 0 aromatic heterocycles. The van der Waals surface area contributed by atoms with Crippen molar-refractivity contribution in [1.29, 1.82) is 0 Å². The van der Waals surface area contributed by atoms with Gasteiger partial charge in [0, 0.05) is 24.1 Å². The Morgan fingerprint density at radius 2 is 2.00 bits per heavy atom. The summed E-state index contributed by atoms with van der Waals surface area (Å²) in [5, 5.41) is 13.2. The third-order valence-corrected chi connectivity index (χ3v) is 4.62. The molecular formula is C13H27NOS. The molecule has 0 aromatic rings. The lowest BCUT2D eigenvalue weighted by Gasteiger charge is -2.29. The van der Waals surface area contributed by atoms with Gasteiger partial charge < -0.3 is 10.4 Å². The van der Waals surface area contributed by atoms with Crippen LogP contribution in [0.3, 0.4) is 0 Å². The van der Waals surface area contributed by atoms with E-state index in [1.807, 2.05) is 25.6 Å². The summed E-state index contributed by atoms with van der Waals surface area (Å²) in [5.74, 6) is 2.77. The molecule has 3 heteroatoms. The fourth-order valence-electron chi connectivity index (χ4n) is 2.26. The Labute approximate surface area is 105 Å². The first-order valence-electron chi connectivity index (χ1n) is 6.52. The van der Waals surface area contributed by atoms with Crippen LogP contribution in [0.15, 0.2) is 0 Å². The predicted octanol–water partition coefficient (Wildman–Crippen LogP) is 2.66. The molecule has 0 bridgehead atoms. The van der Waals surface area contributed by atoms with Gasteiger partial charge in [0.2, 0.25) is 0 Å². The summed E-state index contributed by atoms with van der Waals surface area (Å²) >= 11 is 1.84. The summed E-state index contributed by atoms with van der Waals surface area (Å²) in [6.45, 7) is 7.18. The van der Waals surface area contributed by atoms with Gasteiger partial charge in [-0.1, -0.05) is 19.8 Å². The van der Waals surface area contributed by atoms with E-state index in [1.165, 1.54) is 25.7 Å². The summed E-state index contributed by atoms with van der Waals surface area (Å²) in [6, 6.07) is 0.733. The Morgan fingerprint density at radius 1 is 1.31 bits per heavy atom. The van der Waals surface area contributed by atoms with E-state index in [4.69, 9.17) is 0 Å². The number of hydrogen-bond acceptors (Lipinski definition) is 3. The van der Waals surface area contributed by atoms with Crippen molar-refractivity contribution in [3.05, 3.63) is 0 Å². The van der Waals surface area contributed by atoms with Crippen molar-refractivity contribution in [1.82, 2.24) is 5.32 Å². The fraction of sp³-hybridized carbons (Fsp3) is 1.00. The minimum atomic E-state index is -0.525. The third-order valence-electron chi connectivity index (χ3n) is 3.22. The van der Waals surface area contributed by atoms with Gasteiger partial charge in [-0.2, -0.15) is 11.8 Å². The Morgan fingerprint density at radius 3 is 2.62 bits per heavy atom. The van der Waals surface area contributed by atoms with Crippen molar-refractivity contribution in [2.24, 2.45) is 5.92 Å². The van der Waals surface area contributed by atoms with E-state index < -0.39 is 5.60 Å². The van der Waals surface area contributed by atoms with E-state index in [1.54, 1.807) is 0 Å². The van der Waals surface area contributed by atoms with Crippen LogP contribution in [-0.2, 0) is 0 Å². The minimum absolute atomic E-state index is 0.525. The van der Waals surface area contributed by atoms with Gasteiger partial charge in [0.1, 0.15) is 0 Å². The fourth-order valence-corrected chi connectivity index (χ4v) is 3.16. The van der Waals surface area contributed by atoms with Gasteiger partial charge in [-0.15, -0.1) is 0 Å². The lowest BCUT2D eigenvalue weighted by molar-refractivity contribution is 0.107. The average molecular weight is 245 g/mol. The first-order valence-corrected chi connectivity index (χ1v) is 7.68. The highest BCUT2D eigenvalue weighted by Gasteiger charge is 2.20. The highest BCUT2D eigenvalue weighted by atomic mass is 32.2. The van der Waals surface area contributed by atoms with Gasteiger partial charge >= 0.3 is 0 Å². The molecule has 1 fully saturated rings. The van der Waals surface area contributed by atoms with Crippen LogP contribution < -0.4 is 5.32 Å². The van der Waals surface area contributed by atoms with Crippen LogP contribution in [0.1, 0.15) is 46.5 Å². The van der Waals surface area contributed by atoms with Crippen molar-refractivity contribution in [2.45, 2.75) is 58.1 Å². The third kappa shape index (κ3) is 6.12. The quantitative estimate of drug-likeness (QED) is 0.706. The molecule has 0 radical (unpaired) electrons. The summed E-state index contributed by atoms with van der Waals surface area (Å²) in [7, 11) is 0. The Hall–Kier alpha value is 0.270. The maximum absolute atomic E-state index is 9.57. The molecule has 0 saturated heterocycles. The van der Waals surface area contributed by atoms with Gasteiger partial charge in [-0.3, -0.25) is 0 Å². The van der Waals surface area contributed by atoms with Crippen molar-refractivity contribution < 1.29 is 5.11 Å². The second-order valence-electron chi connectivity index (χ2n) is 5.69. The molecule has 0 aliphatic heterocycles. The molecule has 0 spiro atoms. The highest BCUT2D eigenvalue weighted by molar-refractivity contribution is 7.99. The van der Waals surface area contributed by atoms with Crippen LogP contribution in [0.5, 0.6) is 0 Å². The van der Waals surface area contributed by atoms with E-state index in [9.17, 15) is 5.11 Å². The molecule has 0 aromatic carbocycles. The van der Waals surface area contributed by atoms with Gasteiger partial charge in [0.25, 0.3) is 0 Å². The molecule has 2 N–H and O–H groups in total. The topological polar surface area (TPSA) is 32.3 Å². The zero-order valence-corrected chi connectivity index (χ0v) is 11.8. The van der Waals surface area contributed by atoms with Crippen LogP contribution in [0.4, 0.5) is 0 Å². The van der Waals surface area contributed by atoms with Crippen molar-refractivity contribution in [2.75, 3.05) is 18.1 Å². The van der Waals surface area contributed by atoms with Crippen molar-refractivity contribution in [3.8, 4) is 0 Å². The summed E-state index contributed by atoms with van der Waals surface area (Å²) in [4.78, 5) is 0. The maximum Gasteiger partial charge on any atom is 0.0681 e. The number of aliphatic hydroxyl groups is 1. The van der Waals surface area contributed by atoms with Crippen molar-refractivity contribution in [3.63, 3.8) is 0 Å². The van der Waals surface area contributed by atoms with E-state index in [0.717, 1.165) is 30.0 Å². The number of thioether (sulfide) groups is 1. The molecule has 0 heterocycles. The van der Waals surface area contributed by atoms with Crippen LogP contribution >= 0.6 is 11.8 Å². The summed E-state index contributed by atoms with van der Waals surface area (Å²) < 4.78 is 0. The zero-order chi connectivity index (χ0) is 12.0. The molecule has 0 amide bonds. The predicted molar refractivity (Wildman–Crippen MR) is 73.0 cm³/mol. The summed E-state index contributed by atoms with van der Waals surface area (Å²) in [5.41, 5.74) is -0.525. The second kappa shape index (κ2) is 6.87. The van der Waals surface area contributed by atoms with Gasteiger partial charge in [0.15, 0.2) is 0 Å². The minimum Gasteiger partial charge on any atom is -0.390 e. The summed E-state index contributed by atoms with van der Waals surface area (Å²) in [6.07, 6.45) is 5.53. The standard InChI is InChI=1S/C13H27NOS/c1-11-6-4-5-7-12(11)14-8-9-16-10-13(2,3)15/h11-12,14-15H,4-10H2,1-3H3. The van der Waals surface area contributed by atoms with Crippen LogP contribution in [0.2, 0.25) is 0 Å². The van der Waals surface area contributed by atoms with Crippen LogP contribution in [-0.4, -0.2) is 34.8 Å². The van der Waals surface area contributed by atoms with Crippen LogP contribution in [0, 0.1) is 5.92 Å². The van der Waals surface area contributed by atoms with Gasteiger partial charge in [-0.25, -0.2) is 0 Å². The SMILES string of the molecule is CC1CCCCC1NCCSCC(C)(C)O. The van der Waals surface area contributed by atoms with Crippen molar-refractivity contribution >= 4 is 11.8 Å². The second-order valence-corrected chi connectivity index (χ2v) is 6.79. The highest BCUT2D eigenvalue weighted by Crippen LogP contribution is 2.23. The monoisotopic (exact) mass is 245 g/mol. The number of hydrogen-bond donors (Lipinski definition) is 2. The van der Waals surface area contributed by atoms with Crippen LogP contribution in [0.25, 0.3) is 0 Å². The Bertz CT molecular complexity index is 191. The normalized spacial score (nSPS) is 27.0. The molecule has 96 valence electrons. The molecule has 1 rings (SSSR count). The first-order chi connectivity index (χ1) is 7.49. The van der Waals surface area contributed by atoms with E-state index in [0.29, 0.717) is 0 Å². The molecule has 1 aliphatic rings.